The fourth-order valence-electron chi connectivity index (χ4n) is 6.85. The second-order valence-electron chi connectivity index (χ2n) is 18.9. The number of nitrogens with zero attached hydrogens (tertiary/aromatic N) is 2. The maximum atomic E-state index is 15.7. The van der Waals surface area contributed by atoms with Crippen molar-refractivity contribution in [3.63, 3.8) is 0 Å². The summed E-state index contributed by atoms with van der Waals surface area (Å²) in [5.74, 6) is -4.69. The van der Waals surface area contributed by atoms with Crippen molar-refractivity contribution < 1.29 is 141 Å². The normalized spacial score (nSPS) is 27.9. The van der Waals surface area contributed by atoms with E-state index < -0.39 is 170 Å². The molecule has 0 aromatic rings. The summed E-state index contributed by atoms with van der Waals surface area (Å²) in [6, 6.07) is 0. The van der Waals surface area contributed by atoms with Crippen LogP contribution in [0.4, 0.5) is 32.3 Å². The molecule has 10 atom stereocenters. The van der Waals surface area contributed by atoms with Crippen LogP contribution in [-0.2, 0) is 93.2 Å². The minimum Gasteiger partial charge on any atom is -0.432 e. The van der Waals surface area contributed by atoms with Crippen LogP contribution in [0.5, 0.6) is 0 Å². The summed E-state index contributed by atoms with van der Waals surface area (Å²) in [5.41, 5.74) is -7.41. The third kappa shape index (κ3) is 20.1. The van der Waals surface area contributed by atoms with Crippen LogP contribution in [0, 0.1) is 0 Å². The van der Waals surface area contributed by atoms with Crippen LogP contribution in [0.1, 0.15) is 83.1 Å². The van der Waals surface area contributed by atoms with E-state index in [9.17, 15) is 57.6 Å². The number of amides is 2. The van der Waals surface area contributed by atoms with Crippen LogP contribution in [0.2, 0.25) is 0 Å². The molecule has 0 saturated carbocycles. The van der Waals surface area contributed by atoms with Gasteiger partial charge in [-0.15, -0.1) is 0 Å². The summed E-state index contributed by atoms with van der Waals surface area (Å²) < 4.78 is 151. The highest BCUT2D eigenvalue weighted by molar-refractivity contribution is 7.48. The van der Waals surface area contributed by atoms with Gasteiger partial charge < -0.3 is 83.1 Å². The maximum absolute atomic E-state index is 15.7. The summed E-state index contributed by atoms with van der Waals surface area (Å²) in [6.07, 6.45) is -14.0. The molecular weight excluding hydrogens is 1150 g/mol. The number of aliphatic hydroxyl groups is 3. The third-order valence-corrected chi connectivity index (χ3v) is 13.2. The molecule has 2 saturated heterocycles. The number of carbonyl (C=O) groups is 6. The summed E-state index contributed by atoms with van der Waals surface area (Å²) in [6.45, 7) is 17.5. The zero-order valence-corrected chi connectivity index (χ0v) is 47.9. The molecule has 0 radical (unpaired) electrons. The lowest BCUT2D eigenvalue weighted by Crippen LogP contribution is -2.55. The number of phosphoric acid groups is 2. The highest BCUT2D eigenvalue weighted by Crippen LogP contribution is 2.55. The lowest BCUT2D eigenvalue weighted by molar-refractivity contribution is -0.209. The quantitative estimate of drug-likeness (QED) is 0.0336. The molecule has 2 amide bonds. The first-order chi connectivity index (χ1) is 37.3. The zero-order chi connectivity index (χ0) is 61.6. The van der Waals surface area contributed by atoms with Gasteiger partial charge in [-0.3, -0.25) is 18.6 Å². The van der Waals surface area contributed by atoms with Crippen LogP contribution in [0.15, 0.2) is 49.4 Å². The third-order valence-electron chi connectivity index (χ3n) is 10.4. The predicted octanol–water partition coefficient (Wildman–Crippen LogP) is 5.26. The van der Waals surface area contributed by atoms with Gasteiger partial charge in [0.05, 0.1) is 31.0 Å². The van der Waals surface area contributed by atoms with Crippen molar-refractivity contribution in [2.45, 2.75) is 167 Å². The lowest BCUT2D eigenvalue weighted by atomic mass is 9.88. The molecule has 0 bridgehead atoms. The molecule has 31 nitrogen and oxygen atoms in total. The van der Waals surface area contributed by atoms with Crippen LogP contribution < -0.4 is 10.6 Å². The van der Waals surface area contributed by atoms with Gasteiger partial charge in [-0.05, 0) is 83.1 Å². The van der Waals surface area contributed by atoms with Gasteiger partial charge in [-0.25, -0.2) is 59.6 Å². The topological polar surface area (TPSA) is 375 Å². The van der Waals surface area contributed by atoms with Gasteiger partial charge >= 0.3 is 40.3 Å². The summed E-state index contributed by atoms with van der Waals surface area (Å²) in [5, 5.41) is 37.1. The Hall–Kier alpha value is -5.61. The number of alkyl halides is 3. The molecule has 5 N–H and O–H groups in total. The van der Waals surface area contributed by atoms with Crippen LogP contribution >= 0.6 is 15.6 Å². The molecular formula is C45H69F3N4O27P2. The van der Waals surface area contributed by atoms with Crippen molar-refractivity contribution in [3.05, 3.63) is 49.4 Å². The largest absolute Gasteiger partial charge is 0.510 e. The number of phosphoric ester groups is 2. The molecule has 0 aromatic heterocycles. The number of nitrogens with one attached hydrogen (secondary N) is 2. The Labute approximate surface area is 462 Å². The van der Waals surface area contributed by atoms with E-state index in [0.717, 1.165) is 55.8 Å². The molecule has 2 unspecified atom stereocenters. The molecule has 4 heterocycles. The minimum atomic E-state index is -4.97. The number of rotatable bonds is 25. The first kappa shape index (κ1) is 69.7. The maximum Gasteiger partial charge on any atom is 0.510 e. The Kier molecular flexibility index (Phi) is 25.0. The molecule has 36 heteroatoms. The van der Waals surface area contributed by atoms with Gasteiger partial charge in [0.15, 0.2) is 29.8 Å². The van der Waals surface area contributed by atoms with Gasteiger partial charge in [0.1, 0.15) is 36.6 Å². The molecule has 462 valence electrons. The van der Waals surface area contributed by atoms with Crippen molar-refractivity contribution >= 4 is 52.1 Å². The fraction of sp³-hybridized carbons (Fsp3) is 0.689. The smallest absolute Gasteiger partial charge is 0.432 e. The second kappa shape index (κ2) is 29.1. The number of hydrogen-bond donors (Lipinski definition) is 5. The predicted molar refractivity (Wildman–Crippen MR) is 262 cm³/mol. The average Bonchev–Trinajstić information content (AvgIpc) is 3.64. The highest BCUT2D eigenvalue weighted by Gasteiger charge is 2.67. The Balaban J connectivity index is 0.000000426. The molecule has 2 fully saturated rings. The Bertz CT molecular complexity index is 2350. The van der Waals surface area contributed by atoms with Gasteiger partial charge in [0, 0.05) is 24.6 Å². The van der Waals surface area contributed by atoms with Crippen molar-refractivity contribution in [3.8, 4) is 0 Å². The van der Waals surface area contributed by atoms with E-state index in [1.807, 2.05) is 0 Å². The van der Waals surface area contributed by atoms with E-state index in [2.05, 4.69) is 33.3 Å². The molecule has 81 heavy (non-hydrogen) atoms. The Morgan fingerprint density at radius 3 is 1.42 bits per heavy atom. The Morgan fingerprint density at radius 2 is 1.02 bits per heavy atom. The monoisotopic (exact) mass is 1220 g/mol. The van der Waals surface area contributed by atoms with Crippen molar-refractivity contribution in [2.75, 3.05) is 33.5 Å². The van der Waals surface area contributed by atoms with Gasteiger partial charge in [0.25, 0.3) is 17.7 Å². The lowest BCUT2D eigenvalue weighted by Gasteiger charge is -2.37. The van der Waals surface area contributed by atoms with Gasteiger partial charge in [0.2, 0.25) is 26.2 Å². The molecule has 4 rings (SSSR count). The Morgan fingerprint density at radius 1 is 0.630 bits per heavy atom. The number of halogens is 3. The fourth-order valence-corrected chi connectivity index (χ4v) is 9.13. The SMILES string of the molecule is C=C1NC(=O)C=CN1[C@@H]1O[C@](CF)(COP(=O)(OC(C)OC(=O)OC(C)C)OC(C)OC(=O)OC(C)C)[C@@H](O)[C@@]1(C)O.C=C1NC(=O)C=CN1[C@@H]1O[C@](F)(COP(=O)(OCOC(=O)OC(C)C)OCOC(=O)OC(C)C)[C@@H](O)[C@@]1(C)F. The van der Waals surface area contributed by atoms with Crippen molar-refractivity contribution in [1.82, 2.24) is 20.4 Å². The molecule has 0 aromatic carbocycles. The number of aliphatic hydroxyl groups excluding tert-OH is 2. The highest BCUT2D eigenvalue weighted by atomic mass is 31.2. The minimum absolute atomic E-state index is 0.0496. The number of hydrogen-bond acceptors (Lipinski definition) is 29. The summed E-state index contributed by atoms with van der Waals surface area (Å²) >= 11 is 0. The second-order valence-corrected chi connectivity index (χ2v) is 22.1. The van der Waals surface area contributed by atoms with E-state index in [-0.39, 0.29) is 11.6 Å². The van der Waals surface area contributed by atoms with E-state index in [4.69, 9.17) is 65.0 Å². The summed E-state index contributed by atoms with van der Waals surface area (Å²) in [4.78, 5) is 72.0. The first-order valence-corrected chi connectivity index (χ1v) is 27.1. The van der Waals surface area contributed by atoms with Crippen molar-refractivity contribution in [1.29, 1.82) is 0 Å². The molecule has 4 aliphatic heterocycles. The van der Waals surface area contributed by atoms with Gasteiger partial charge in [-0.1, -0.05) is 13.2 Å². The molecule has 0 spiro atoms. The van der Waals surface area contributed by atoms with Crippen molar-refractivity contribution in [2.24, 2.45) is 0 Å². The zero-order valence-electron chi connectivity index (χ0n) is 46.1. The van der Waals surface area contributed by atoms with E-state index in [1.54, 1.807) is 27.7 Å². The average molecular weight is 1220 g/mol. The van der Waals surface area contributed by atoms with Crippen LogP contribution in [-0.4, -0.2) is 179 Å². The molecule has 4 aliphatic rings. The first-order valence-electron chi connectivity index (χ1n) is 24.2. The summed E-state index contributed by atoms with van der Waals surface area (Å²) in [7, 11) is -9.93. The molecule has 0 aliphatic carbocycles. The van der Waals surface area contributed by atoms with Gasteiger partial charge in [-0.2, -0.15) is 0 Å². The number of ether oxygens (including phenoxy) is 10. The van der Waals surface area contributed by atoms with E-state index in [0.29, 0.717) is 0 Å². The van der Waals surface area contributed by atoms with E-state index >= 15 is 8.78 Å². The van der Waals surface area contributed by atoms with E-state index in [1.165, 1.54) is 33.9 Å². The van der Waals surface area contributed by atoms with Crippen LogP contribution in [0.25, 0.3) is 0 Å². The number of carbonyl (C=O) groups excluding carboxylic acids is 6. The standard InChI is InChI=1S/C24H38FN2O14P.C21H31F2N2O13P/c1-13(2)35-21(30)37-16(6)40-42(33,41-17(7)38-22(31)36-14(3)4)34-12-24(11-25)19(29)23(8,32)20(39-24)27-10-9-18(28)26-15(27)5;1-12(2)36-18(28)31-10-34-39(30,35-11-32-19(29)37-13(3)4)33-9-21(23)16(27)20(6,22)17(38-21)25-8-7-15(26)24-14(25)5/h9-10,13-14,16-17,19-20,29,32H,5,11-12H2,1-4,6-8H3,(H,26,28);7-8,12-13,16-17,27H,5,9-11H2,1-4,6H3,(H,24,26)/t16?,17?,19-,20+,23+,24+,42?;16-,17+,20+,21+/m00/s1. The van der Waals surface area contributed by atoms with Crippen LogP contribution in [0.3, 0.4) is 0 Å².